The van der Waals surface area contributed by atoms with E-state index in [9.17, 15) is 13.2 Å². The largest absolute Gasteiger partial charge is 0.435 e. The van der Waals surface area contributed by atoms with E-state index in [1.54, 1.807) is 0 Å². The highest BCUT2D eigenvalue weighted by molar-refractivity contribution is 5.75. The van der Waals surface area contributed by atoms with E-state index in [0.29, 0.717) is 12.4 Å². The van der Waals surface area contributed by atoms with E-state index in [4.69, 9.17) is 0 Å². The van der Waals surface area contributed by atoms with Gasteiger partial charge in [0.2, 0.25) is 0 Å². The van der Waals surface area contributed by atoms with Crippen molar-refractivity contribution in [3.05, 3.63) is 47.9 Å². The number of alkyl halides is 3. The van der Waals surface area contributed by atoms with Gasteiger partial charge in [-0.15, -0.1) is 10.2 Å². The Bertz CT molecular complexity index is 839. The number of aromatic amines is 1. The number of hydrogen-bond donors (Lipinski definition) is 1. The third-order valence-electron chi connectivity index (χ3n) is 4.46. The Morgan fingerprint density at radius 2 is 1.88 bits per heavy atom. The van der Waals surface area contributed by atoms with Gasteiger partial charge in [0.1, 0.15) is 5.82 Å². The molecule has 0 amide bonds. The minimum Gasteiger partial charge on any atom is -0.345 e. The van der Waals surface area contributed by atoms with Gasteiger partial charge in [0, 0.05) is 6.54 Å². The molecule has 3 aromatic rings. The van der Waals surface area contributed by atoms with Gasteiger partial charge in [-0.2, -0.15) is 13.2 Å². The third kappa shape index (κ3) is 3.04. The fourth-order valence-corrected chi connectivity index (χ4v) is 3.25. The average Bonchev–Trinajstić information content (AvgIpc) is 3.05. The number of rotatable bonds is 2. The minimum atomic E-state index is -4.48. The number of halogens is 3. The van der Waals surface area contributed by atoms with Crippen LogP contribution in [0.25, 0.3) is 11.0 Å². The molecule has 1 saturated heterocycles. The zero-order chi connectivity index (χ0) is 17.4. The fraction of sp³-hybridized carbons (Fsp3) is 0.353. The smallest absolute Gasteiger partial charge is 0.345 e. The van der Waals surface area contributed by atoms with E-state index in [2.05, 4.69) is 20.2 Å². The van der Waals surface area contributed by atoms with Crippen molar-refractivity contribution in [3.8, 4) is 0 Å². The number of imidazole rings is 1. The van der Waals surface area contributed by atoms with Gasteiger partial charge in [-0.3, -0.25) is 0 Å². The van der Waals surface area contributed by atoms with E-state index < -0.39 is 11.9 Å². The molecule has 1 aliphatic rings. The lowest BCUT2D eigenvalue weighted by atomic mass is 10.0. The number of anilines is 1. The fourth-order valence-electron chi connectivity index (χ4n) is 3.25. The molecule has 1 aromatic carbocycles. The molecule has 0 aliphatic carbocycles. The summed E-state index contributed by atoms with van der Waals surface area (Å²) in [6.45, 7) is 0.710. The molecule has 1 N–H and O–H groups in total. The van der Waals surface area contributed by atoms with Gasteiger partial charge in [0.25, 0.3) is 0 Å². The van der Waals surface area contributed by atoms with Crippen molar-refractivity contribution in [1.82, 2.24) is 20.2 Å². The normalized spacial score (nSPS) is 18.7. The topological polar surface area (TPSA) is 57.7 Å². The molecule has 0 spiro atoms. The number of fused-ring (bicyclic) bond motifs is 1. The maximum atomic E-state index is 12.7. The van der Waals surface area contributed by atoms with Gasteiger partial charge < -0.3 is 9.88 Å². The standard InChI is InChI=1S/C17H16F3N5/c18-17(19,20)14-8-9-15(24-23-14)25-10-4-3-7-13(25)16-21-11-5-1-2-6-12(11)22-16/h1-2,5-6,8-9,13H,3-4,7,10H2,(H,21,22). The molecule has 1 fully saturated rings. The lowest BCUT2D eigenvalue weighted by molar-refractivity contribution is -0.141. The zero-order valence-corrected chi connectivity index (χ0v) is 13.3. The summed E-state index contributed by atoms with van der Waals surface area (Å²) in [6, 6.07) is 10.1. The highest BCUT2D eigenvalue weighted by atomic mass is 19.4. The van der Waals surface area contributed by atoms with E-state index in [1.165, 1.54) is 6.07 Å². The molecule has 2 aromatic heterocycles. The lowest BCUT2D eigenvalue weighted by Gasteiger charge is -2.35. The van der Waals surface area contributed by atoms with Crippen LogP contribution in [0.3, 0.4) is 0 Å². The summed E-state index contributed by atoms with van der Waals surface area (Å²) < 4.78 is 38.1. The number of nitrogens with one attached hydrogen (secondary N) is 1. The summed E-state index contributed by atoms with van der Waals surface area (Å²) in [5.74, 6) is 1.25. The first kappa shape index (κ1) is 15.9. The number of hydrogen-bond acceptors (Lipinski definition) is 4. The second-order valence-corrected chi connectivity index (χ2v) is 6.12. The van der Waals surface area contributed by atoms with Gasteiger partial charge in [-0.1, -0.05) is 12.1 Å². The van der Waals surface area contributed by atoms with Gasteiger partial charge in [0.15, 0.2) is 11.5 Å². The summed E-state index contributed by atoms with van der Waals surface area (Å²) in [5.41, 5.74) is 0.844. The van der Waals surface area contributed by atoms with Crippen molar-refractivity contribution in [2.45, 2.75) is 31.5 Å². The molecule has 1 unspecified atom stereocenters. The van der Waals surface area contributed by atoms with Gasteiger partial charge in [-0.25, -0.2) is 4.98 Å². The van der Waals surface area contributed by atoms with Crippen molar-refractivity contribution in [2.24, 2.45) is 0 Å². The van der Waals surface area contributed by atoms with Crippen molar-refractivity contribution < 1.29 is 13.2 Å². The quantitative estimate of drug-likeness (QED) is 0.758. The van der Waals surface area contributed by atoms with Crippen LogP contribution in [0, 0.1) is 0 Å². The lowest BCUT2D eigenvalue weighted by Crippen LogP contribution is -2.35. The summed E-state index contributed by atoms with van der Waals surface area (Å²) in [5, 5.41) is 7.16. The predicted molar refractivity (Wildman–Crippen MR) is 87.1 cm³/mol. The number of benzene rings is 1. The first-order valence-corrected chi connectivity index (χ1v) is 8.14. The van der Waals surface area contributed by atoms with E-state index in [0.717, 1.165) is 42.2 Å². The Labute approximate surface area is 141 Å². The molecule has 5 nitrogen and oxygen atoms in total. The molecule has 3 heterocycles. The Morgan fingerprint density at radius 3 is 2.60 bits per heavy atom. The Morgan fingerprint density at radius 1 is 1.04 bits per heavy atom. The first-order chi connectivity index (χ1) is 12.0. The van der Waals surface area contributed by atoms with Crippen LogP contribution in [-0.4, -0.2) is 26.7 Å². The summed E-state index contributed by atoms with van der Waals surface area (Å²) in [6.07, 6.45) is -1.63. The van der Waals surface area contributed by atoms with Crippen LogP contribution in [0.15, 0.2) is 36.4 Å². The maximum absolute atomic E-state index is 12.7. The van der Waals surface area contributed by atoms with Crippen LogP contribution in [-0.2, 0) is 6.18 Å². The molecule has 0 radical (unpaired) electrons. The highest BCUT2D eigenvalue weighted by Gasteiger charge is 2.34. The molecular weight excluding hydrogens is 331 g/mol. The molecule has 130 valence electrons. The molecule has 0 bridgehead atoms. The molecule has 0 saturated carbocycles. The van der Waals surface area contributed by atoms with Crippen LogP contribution >= 0.6 is 0 Å². The molecule has 8 heteroatoms. The number of aromatic nitrogens is 4. The van der Waals surface area contributed by atoms with Crippen molar-refractivity contribution in [3.63, 3.8) is 0 Å². The van der Waals surface area contributed by atoms with Crippen LogP contribution in [0.1, 0.15) is 36.8 Å². The number of piperidine rings is 1. The van der Waals surface area contributed by atoms with Crippen LogP contribution in [0.4, 0.5) is 19.0 Å². The summed E-state index contributed by atoms with van der Waals surface area (Å²) >= 11 is 0. The van der Waals surface area contributed by atoms with E-state index >= 15 is 0 Å². The number of H-pyrrole nitrogens is 1. The Kier molecular flexibility index (Phi) is 3.82. The van der Waals surface area contributed by atoms with Crippen LogP contribution in [0.2, 0.25) is 0 Å². The van der Waals surface area contributed by atoms with Gasteiger partial charge in [0.05, 0.1) is 17.1 Å². The second-order valence-electron chi connectivity index (χ2n) is 6.12. The van der Waals surface area contributed by atoms with Crippen molar-refractivity contribution in [2.75, 3.05) is 11.4 Å². The molecule has 25 heavy (non-hydrogen) atoms. The second kappa shape index (κ2) is 6.02. The Hall–Kier alpha value is -2.64. The van der Waals surface area contributed by atoms with Gasteiger partial charge >= 0.3 is 6.18 Å². The van der Waals surface area contributed by atoms with Crippen LogP contribution < -0.4 is 4.90 Å². The average molecular weight is 347 g/mol. The van der Waals surface area contributed by atoms with Gasteiger partial charge in [-0.05, 0) is 43.5 Å². The van der Waals surface area contributed by atoms with Crippen molar-refractivity contribution in [1.29, 1.82) is 0 Å². The molecule has 1 atom stereocenters. The van der Waals surface area contributed by atoms with E-state index in [1.807, 2.05) is 29.2 Å². The Balaban J connectivity index is 1.67. The zero-order valence-electron chi connectivity index (χ0n) is 13.3. The van der Waals surface area contributed by atoms with E-state index in [-0.39, 0.29) is 6.04 Å². The number of nitrogens with zero attached hydrogens (tertiary/aromatic N) is 4. The highest BCUT2D eigenvalue weighted by Crippen LogP contribution is 2.34. The summed E-state index contributed by atoms with van der Waals surface area (Å²) in [4.78, 5) is 9.94. The number of para-hydroxylation sites is 2. The molecular formula is C17H16F3N5. The van der Waals surface area contributed by atoms with Crippen LogP contribution in [0.5, 0.6) is 0 Å². The third-order valence-corrected chi connectivity index (χ3v) is 4.46. The predicted octanol–water partition coefficient (Wildman–Crippen LogP) is 4.10. The molecule has 4 rings (SSSR count). The SMILES string of the molecule is FC(F)(F)c1ccc(N2CCCCC2c2nc3ccccc3[nH]2)nn1. The van der Waals surface area contributed by atoms with Crippen molar-refractivity contribution >= 4 is 16.9 Å². The summed E-state index contributed by atoms with van der Waals surface area (Å²) in [7, 11) is 0. The molecule has 1 aliphatic heterocycles. The minimum absolute atomic E-state index is 0.0489. The first-order valence-electron chi connectivity index (χ1n) is 8.14. The monoisotopic (exact) mass is 347 g/mol. The maximum Gasteiger partial charge on any atom is 0.435 e.